The molecule has 2 nitrogen and oxygen atoms in total. The topological polar surface area (TPSA) is 35.2 Å². The van der Waals surface area contributed by atoms with E-state index in [0.717, 1.165) is 17.7 Å². The minimum absolute atomic E-state index is 0.215. The average molecular weight is 288 g/mol. The molecule has 0 spiro atoms. The molecule has 1 aromatic rings. The van der Waals surface area contributed by atoms with Crippen molar-refractivity contribution in [2.75, 3.05) is 6.61 Å². The normalized spacial score (nSPS) is 24.1. The second kappa shape index (κ2) is 5.00. The minimum Gasteiger partial charge on any atom is -0.478 e. The van der Waals surface area contributed by atoms with Gasteiger partial charge in [0.05, 0.1) is 11.6 Å². The van der Waals surface area contributed by atoms with E-state index in [9.17, 15) is 8.78 Å². The molecule has 0 aromatic heterocycles. The lowest BCUT2D eigenvalue weighted by atomic mass is 9.78. The van der Waals surface area contributed by atoms with Gasteiger partial charge in [0.25, 0.3) is 0 Å². The van der Waals surface area contributed by atoms with Gasteiger partial charge < -0.3 is 10.5 Å². The Balaban J connectivity index is 2.39. The van der Waals surface area contributed by atoms with Gasteiger partial charge in [-0.2, -0.15) is 0 Å². The van der Waals surface area contributed by atoms with Gasteiger partial charge in [0.15, 0.2) is 5.88 Å². The highest BCUT2D eigenvalue weighted by Crippen LogP contribution is 2.37. The first kappa shape index (κ1) is 14.1. The van der Waals surface area contributed by atoms with E-state index in [2.05, 4.69) is 0 Å². The fourth-order valence-electron chi connectivity index (χ4n) is 2.22. The van der Waals surface area contributed by atoms with Crippen LogP contribution < -0.4 is 5.73 Å². The molecule has 1 aliphatic heterocycles. The number of benzene rings is 1. The summed E-state index contributed by atoms with van der Waals surface area (Å²) < 4.78 is 33.0. The molecule has 0 bridgehead atoms. The molecule has 1 aliphatic rings. The lowest BCUT2D eigenvalue weighted by Crippen LogP contribution is -2.29. The monoisotopic (exact) mass is 287 g/mol. The number of halogens is 3. The SMILES string of the molecule is CC1=C(N)OCC(C)(c2cc(F)c(Cl)cc2F)CC1. The molecule has 0 saturated heterocycles. The Morgan fingerprint density at radius 3 is 2.68 bits per heavy atom. The molecule has 104 valence electrons. The number of nitrogens with two attached hydrogens (primary N) is 1. The van der Waals surface area contributed by atoms with Crippen molar-refractivity contribution in [1.82, 2.24) is 0 Å². The maximum absolute atomic E-state index is 14.0. The molecule has 2 N–H and O–H groups in total. The van der Waals surface area contributed by atoms with Gasteiger partial charge in [-0.05, 0) is 37.5 Å². The largest absolute Gasteiger partial charge is 0.478 e. The van der Waals surface area contributed by atoms with Gasteiger partial charge in [0.1, 0.15) is 11.6 Å². The second-order valence-electron chi connectivity index (χ2n) is 5.24. The number of allylic oxidation sites excluding steroid dienone is 1. The summed E-state index contributed by atoms with van der Waals surface area (Å²) in [5.74, 6) is -0.768. The van der Waals surface area contributed by atoms with Gasteiger partial charge in [0.2, 0.25) is 0 Å². The molecule has 0 amide bonds. The second-order valence-corrected chi connectivity index (χ2v) is 5.65. The number of hydrogen-bond donors (Lipinski definition) is 1. The zero-order chi connectivity index (χ0) is 14.2. The zero-order valence-corrected chi connectivity index (χ0v) is 11.7. The standard InChI is InChI=1S/C14H16ClF2NO/c1-8-3-4-14(2,7-19-13(8)18)9-5-12(17)10(15)6-11(9)16/h5-6H,3-4,7,18H2,1-2H3. The molecule has 0 saturated carbocycles. The molecule has 5 heteroatoms. The van der Waals surface area contributed by atoms with Crippen molar-refractivity contribution in [3.05, 3.63) is 45.8 Å². The molecule has 19 heavy (non-hydrogen) atoms. The van der Waals surface area contributed by atoms with Crippen molar-refractivity contribution >= 4 is 11.6 Å². The van der Waals surface area contributed by atoms with Crippen LogP contribution in [0, 0.1) is 11.6 Å². The average Bonchev–Trinajstić information content (AvgIpc) is 2.48. The molecule has 1 aromatic carbocycles. The van der Waals surface area contributed by atoms with Crippen LogP contribution >= 0.6 is 11.6 Å². The fraction of sp³-hybridized carbons (Fsp3) is 0.429. The van der Waals surface area contributed by atoms with Gasteiger partial charge in [-0.3, -0.25) is 0 Å². The lowest BCUT2D eigenvalue weighted by Gasteiger charge is -2.28. The predicted molar refractivity (Wildman–Crippen MR) is 70.8 cm³/mol. The summed E-state index contributed by atoms with van der Waals surface area (Å²) in [4.78, 5) is 0. The predicted octanol–water partition coefficient (Wildman–Crippen LogP) is 3.88. The van der Waals surface area contributed by atoms with E-state index in [1.165, 1.54) is 0 Å². The Kier molecular flexibility index (Phi) is 3.72. The number of rotatable bonds is 1. The van der Waals surface area contributed by atoms with Crippen molar-refractivity contribution in [1.29, 1.82) is 0 Å². The fourth-order valence-corrected chi connectivity index (χ4v) is 2.37. The highest BCUT2D eigenvalue weighted by molar-refractivity contribution is 6.30. The Bertz CT molecular complexity index is 526. The summed E-state index contributed by atoms with van der Waals surface area (Å²) >= 11 is 5.57. The van der Waals surface area contributed by atoms with Gasteiger partial charge >= 0.3 is 0 Å². The van der Waals surface area contributed by atoms with E-state index in [0.29, 0.717) is 18.7 Å². The number of ether oxygens (including phenoxy) is 1. The highest BCUT2D eigenvalue weighted by atomic mass is 35.5. The molecule has 1 atom stereocenters. The molecule has 0 radical (unpaired) electrons. The van der Waals surface area contributed by atoms with Crippen molar-refractivity contribution in [2.24, 2.45) is 5.73 Å². The molecular formula is C14H16ClF2NO. The summed E-state index contributed by atoms with van der Waals surface area (Å²) in [6.07, 6.45) is 1.32. The van der Waals surface area contributed by atoms with Gasteiger partial charge in [-0.25, -0.2) is 8.78 Å². The lowest BCUT2D eigenvalue weighted by molar-refractivity contribution is 0.149. The van der Waals surface area contributed by atoms with Gasteiger partial charge in [0, 0.05) is 11.0 Å². The van der Waals surface area contributed by atoms with Crippen molar-refractivity contribution in [3.8, 4) is 0 Å². The van der Waals surface area contributed by atoms with Crippen LogP contribution in [0.1, 0.15) is 32.3 Å². The first-order valence-electron chi connectivity index (χ1n) is 6.06. The van der Waals surface area contributed by atoms with Crippen LogP contribution in [0.5, 0.6) is 0 Å². The Morgan fingerprint density at radius 2 is 2.00 bits per heavy atom. The molecule has 1 heterocycles. The van der Waals surface area contributed by atoms with Crippen molar-refractivity contribution < 1.29 is 13.5 Å². The zero-order valence-electron chi connectivity index (χ0n) is 10.9. The third-order valence-electron chi connectivity index (χ3n) is 3.68. The number of hydrogen-bond acceptors (Lipinski definition) is 2. The Morgan fingerprint density at radius 1 is 1.32 bits per heavy atom. The van der Waals surface area contributed by atoms with E-state index < -0.39 is 17.0 Å². The molecule has 2 rings (SSSR count). The van der Waals surface area contributed by atoms with Crippen LogP contribution in [0.2, 0.25) is 5.02 Å². The quantitative estimate of drug-likeness (QED) is 0.796. The van der Waals surface area contributed by atoms with E-state index in [1.807, 2.05) is 13.8 Å². The smallest absolute Gasteiger partial charge is 0.182 e. The summed E-state index contributed by atoms with van der Waals surface area (Å²) in [6, 6.07) is 2.16. The summed E-state index contributed by atoms with van der Waals surface area (Å²) in [6.45, 7) is 3.93. The molecule has 0 aliphatic carbocycles. The van der Waals surface area contributed by atoms with E-state index in [1.54, 1.807) is 0 Å². The summed E-state index contributed by atoms with van der Waals surface area (Å²) in [5, 5.41) is -0.215. The molecule has 0 fully saturated rings. The first-order chi connectivity index (χ1) is 8.83. The van der Waals surface area contributed by atoms with Crippen LogP contribution in [0.4, 0.5) is 8.78 Å². The third-order valence-corrected chi connectivity index (χ3v) is 3.97. The van der Waals surface area contributed by atoms with Gasteiger partial charge in [-0.15, -0.1) is 0 Å². The summed E-state index contributed by atoms with van der Waals surface area (Å²) in [7, 11) is 0. The van der Waals surface area contributed by atoms with Crippen LogP contribution in [0.15, 0.2) is 23.6 Å². The Hall–Kier alpha value is -1.29. The Labute approximate surface area is 116 Å². The third kappa shape index (κ3) is 2.68. The molecular weight excluding hydrogens is 272 g/mol. The van der Waals surface area contributed by atoms with E-state index in [4.69, 9.17) is 22.1 Å². The van der Waals surface area contributed by atoms with E-state index in [-0.39, 0.29) is 17.2 Å². The highest BCUT2D eigenvalue weighted by Gasteiger charge is 2.33. The first-order valence-corrected chi connectivity index (χ1v) is 6.44. The van der Waals surface area contributed by atoms with Crippen molar-refractivity contribution in [2.45, 2.75) is 32.1 Å². The van der Waals surface area contributed by atoms with Crippen LogP contribution in [-0.4, -0.2) is 6.61 Å². The van der Waals surface area contributed by atoms with Crippen molar-refractivity contribution in [3.63, 3.8) is 0 Å². The maximum atomic E-state index is 14.0. The molecule has 1 unspecified atom stereocenters. The van der Waals surface area contributed by atoms with Gasteiger partial charge in [-0.1, -0.05) is 18.5 Å². The minimum atomic E-state index is -0.627. The summed E-state index contributed by atoms with van der Waals surface area (Å²) in [5.41, 5.74) is 6.32. The van der Waals surface area contributed by atoms with Crippen LogP contribution in [-0.2, 0) is 10.2 Å². The van der Waals surface area contributed by atoms with Crippen LogP contribution in [0.3, 0.4) is 0 Å². The van der Waals surface area contributed by atoms with Crippen LogP contribution in [0.25, 0.3) is 0 Å². The maximum Gasteiger partial charge on any atom is 0.182 e. The van der Waals surface area contributed by atoms with E-state index >= 15 is 0 Å².